The molecule has 2 aliphatic heterocycles. The lowest BCUT2D eigenvalue weighted by Gasteiger charge is -2.41. The number of ketones is 1. The third-order valence-corrected chi connectivity index (χ3v) is 4.77. The van der Waals surface area contributed by atoms with Crippen molar-refractivity contribution in [1.29, 1.82) is 0 Å². The Bertz CT molecular complexity index is 717. The first kappa shape index (κ1) is 13.7. The van der Waals surface area contributed by atoms with Crippen LogP contribution in [-0.4, -0.2) is 46.6 Å². The summed E-state index contributed by atoms with van der Waals surface area (Å²) in [5.74, 6) is 1.70. The fourth-order valence-electron chi connectivity index (χ4n) is 3.48. The molecular formula is C16H21N5O. The second kappa shape index (κ2) is 5.35. The van der Waals surface area contributed by atoms with E-state index in [9.17, 15) is 4.79 Å². The number of anilines is 1. The topological polar surface area (TPSA) is 62.5 Å². The minimum atomic E-state index is 0.184. The van der Waals surface area contributed by atoms with Crippen LogP contribution in [0.25, 0.3) is 5.65 Å². The summed E-state index contributed by atoms with van der Waals surface area (Å²) in [6.45, 7) is 5.51. The first-order valence-corrected chi connectivity index (χ1v) is 8.11. The van der Waals surface area contributed by atoms with Crippen molar-refractivity contribution in [1.82, 2.24) is 19.9 Å². The van der Waals surface area contributed by atoms with Crippen LogP contribution in [0.3, 0.4) is 0 Å². The highest BCUT2D eigenvalue weighted by atomic mass is 16.1. The van der Waals surface area contributed by atoms with Crippen LogP contribution in [0.1, 0.15) is 24.6 Å². The van der Waals surface area contributed by atoms with E-state index in [0.29, 0.717) is 12.2 Å². The lowest BCUT2D eigenvalue weighted by atomic mass is 9.93. The summed E-state index contributed by atoms with van der Waals surface area (Å²) in [4.78, 5) is 18.9. The van der Waals surface area contributed by atoms with Crippen molar-refractivity contribution in [3.63, 3.8) is 0 Å². The van der Waals surface area contributed by atoms with Gasteiger partial charge >= 0.3 is 0 Å². The molecular weight excluding hydrogens is 278 g/mol. The van der Waals surface area contributed by atoms with Crippen molar-refractivity contribution in [2.24, 2.45) is 5.92 Å². The van der Waals surface area contributed by atoms with Crippen LogP contribution < -0.4 is 10.2 Å². The molecule has 0 bridgehead atoms. The second-order valence-electron chi connectivity index (χ2n) is 6.13. The summed E-state index contributed by atoms with van der Waals surface area (Å²) in [5.41, 5.74) is 3.38. The molecule has 4 heterocycles. The van der Waals surface area contributed by atoms with Crippen molar-refractivity contribution in [2.45, 2.75) is 26.2 Å². The number of Topliss-reactive ketones (excluding diaryl/α,β-unsaturated/α-hetero) is 1. The Morgan fingerprint density at radius 2 is 2.18 bits per heavy atom. The van der Waals surface area contributed by atoms with Crippen LogP contribution in [0.4, 0.5) is 5.82 Å². The van der Waals surface area contributed by atoms with Crippen molar-refractivity contribution in [3.05, 3.63) is 23.5 Å². The summed E-state index contributed by atoms with van der Waals surface area (Å²) in [6.07, 6.45) is 4.36. The van der Waals surface area contributed by atoms with E-state index in [1.165, 1.54) is 11.3 Å². The quantitative estimate of drug-likeness (QED) is 0.910. The highest BCUT2D eigenvalue weighted by Gasteiger charge is 2.35. The molecule has 4 rings (SSSR count). The zero-order chi connectivity index (χ0) is 15.1. The molecule has 0 unspecified atom stereocenters. The van der Waals surface area contributed by atoms with Crippen LogP contribution in [0.2, 0.25) is 0 Å². The van der Waals surface area contributed by atoms with Crippen LogP contribution in [0.15, 0.2) is 12.3 Å². The standard InChI is InChI=1S/C16H21N5O/c1-2-14(22)11-9-20(10-11)16-12-3-6-17-7-4-13(12)19-15-5-8-18-21(15)16/h5,8,11,17H,2-4,6-7,9-10H2,1H3. The summed E-state index contributed by atoms with van der Waals surface area (Å²) in [6, 6.07) is 1.95. The molecule has 0 aliphatic carbocycles. The van der Waals surface area contributed by atoms with Gasteiger partial charge in [-0.3, -0.25) is 4.79 Å². The number of aromatic nitrogens is 3. The minimum absolute atomic E-state index is 0.184. The molecule has 6 nitrogen and oxygen atoms in total. The van der Waals surface area contributed by atoms with Gasteiger partial charge in [0.25, 0.3) is 0 Å². The van der Waals surface area contributed by atoms with E-state index in [-0.39, 0.29) is 5.92 Å². The van der Waals surface area contributed by atoms with Crippen LogP contribution in [0.5, 0.6) is 0 Å². The fourth-order valence-corrected chi connectivity index (χ4v) is 3.48. The molecule has 2 aromatic heterocycles. The summed E-state index contributed by atoms with van der Waals surface area (Å²) in [5, 5.41) is 7.89. The number of carbonyl (C=O) groups excluding carboxylic acids is 1. The molecule has 0 saturated carbocycles. The number of nitrogens with zero attached hydrogens (tertiary/aromatic N) is 4. The van der Waals surface area contributed by atoms with Gasteiger partial charge in [-0.25, -0.2) is 4.98 Å². The number of carbonyl (C=O) groups is 1. The molecule has 0 atom stereocenters. The minimum Gasteiger partial charge on any atom is -0.355 e. The average Bonchev–Trinajstić information content (AvgIpc) is 2.81. The Balaban J connectivity index is 1.74. The number of hydrogen-bond acceptors (Lipinski definition) is 5. The first-order valence-electron chi connectivity index (χ1n) is 8.11. The Morgan fingerprint density at radius 3 is 3.00 bits per heavy atom. The Hall–Kier alpha value is -1.95. The van der Waals surface area contributed by atoms with Gasteiger partial charge in [-0.05, 0) is 13.0 Å². The first-order chi connectivity index (χ1) is 10.8. The number of hydrogen-bond donors (Lipinski definition) is 1. The fraction of sp³-hybridized carbons (Fsp3) is 0.562. The van der Waals surface area contributed by atoms with E-state index in [1.807, 2.05) is 17.5 Å². The molecule has 0 aromatic carbocycles. The Morgan fingerprint density at radius 1 is 1.36 bits per heavy atom. The zero-order valence-corrected chi connectivity index (χ0v) is 12.9. The zero-order valence-electron chi connectivity index (χ0n) is 12.9. The van der Waals surface area contributed by atoms with E-state index in [1.54, 1.807) is 6.20 Å². The van der Waals surface area contributed by atoms with Gasteiger partial charge in [0.2, 0.25) is 0 Å². The third-order valence-electron chi connectivity index (χ3n) is 4.77. The maximum Gasteiger partial charge on any atom is 0.157 e. The van der Waals surface area contributed by atoms with Crippen molar-refractivity contribution in [2.75, 3.05) is 31.1 Å². The molecule has 0 amide bonds. The third kappa shape index (κ3) is 2.09. The number of nitrogens with one attached hydrogen (secondary N) is 1. The van der Waals surface area contributed by atoms with E-state index in [4.69, 9.17) is 4.98 Å². The molecule has 0 spiro atoms. The van der Waals surface area contributed by atoms with Gasteiger partial charge in [0.1, 0.15) is 11.6 Å². The monoisotopic (exact) mass is 299 g/mol. The van der Waals surface area contributed by atoms with Crippen LogP contribution >= 0.6 is 0 Å². The molecule has 1 saturated heterocycles. The predicted molar refractivity (Wildman–Crippen MR) is 84.3 cm³/mol. The summed E-state index contributed by atoms with van der Waals surface area (Å²) >= 11 is 0. The van der Waals surface area contributed by atoms with Gasteiger partial charge in [0.05, 0.1) is 17.8 Å². The van der Waals surface area contributed by atoms with Gasteiger partial charge < -0.3 is 10.2 Å². The average molecular weight is 299 g/mol. The molecule has 116 valence electrons. The molecule has 0 radical (unpaired) electrons. The summed E-state index contributed by atoms with van der Waals surface area (Å²) < 4.78 is 1.94. The molecule has 1 fully saturated rings. The molecule has 6 heteroatoms. The molecule has 1 N–H and O–H groups in total. The van der Waals surface area contributed by atoms with Gasteiger partial charge in [0, 0.05) is 44.1 Å². The van der Waals surface area contributed by atoms with Crippen LogP contribution in [0, 0.1) is 5.92 Å². The largest absolute Gasteiger partial charge is 0.355 e. The number of fused-ring (bicyclic) bond motifs is 2. The van der Waals surface area contributed by atoms with Crippen LogP contribution in [-0.2, 0) is 17.6 Å². The van der Waals surface area contributed by atoms with E-state index in [0.717, 1.165) is 50.5 Å². The summed E-state index contributed by atoms with van der Waals surface area (Å²) in [7, 11) is 0. The molecule has 22 heavy (non-hydrogen) atoms. The Labute approximate surface area is 129 Å². The number of rotatable bonds is 3. The van der Waals surface area contributed by atoms with E-state index >= 15 is 0 Å². The van der Waals surface area contributed by atoms with Gasteiger partial charge in [0.15, 0.2) is 5.65 Å². The van der Waals surface area contributed by atoms with E-state index < -0.39 is 0 Å². The normalized spacial score (nSPS) is 18.9. The molecule has 2 aromatic rings. The van der Waals surface area contributed by atoms with Gasteiger partial charge in [-0.15, -0.1) is 0 Å². The van der Waals surface area contributed by atoms with E-state index in [2.05, 4.69) is 15.3 Å². The maximum atomic E-state index is 11.9. The lowest BCUT2D eigenvalue weighted by molar-refractivity contribution is -0.123. The van der Waals surface area contributed by atoms with Crippen molar-refractivity contribution >= 4 is 17.2 Å². The van der Waals surface area contributed by atoms with Crippen molar-refractivity contribution in [3.8, 4) is 0 Å². The molecule has 2 aliphatic rings. The highest BCUT2D eigenvalue weighted by molar-refractivity contribution is 5.83. The Kier molecular flexibility index (Phi) is 3.33. The SMILES string of the molecule is CCC(=O)C1CN(c2c3c(nc4ccnn24)CCNCC3)C1. The van der Waals surface area contributed by atoms with Crippen molar-refractivity contribution < 1.29 is 4.79 Å². The second-order valence-corrected chi connectivity index (χ2v) is 6.13. The lowest BCUT2D eigenvalue weighted by Crippen LogP contribution is -2.51. The van der Waals surface area contributed by atoms with Gasteiger partial charge in [-0.1, -0.05) is 6.92 Å². The highest BCUT2D eigenvalue weighted by Crippen LogP contribution is 2.31. The van der Waals surface area contributed by atoms with Gasteiger partial charge in [-0.2, -0.15) is 9.61 Å². The predicted octanol–water partition coefficient (Wildman–Crippen LogP) is 0.833. The smallest absolute Gasteiger partial charge is 0.157 e. The maximum absolute atomic E-state index is 11.9.